The van der Waals surface area contributed by atoms with Crippen molar-refractivity contribution in [2.24, 2.45) is 5.92 Å². The van der Waals surface area contributed by atoms with E-state index >= 15 is 0 Å². The second-order valence-electron chi connectivity index (χ2n) is 5.54. The second kappa shape index (κ2) is 5.31. The third-order valence-corrected chi connectivity index (χ3v) is 4.29. The Hall–Kier alpha value is -0.0800. The van der Waals surface area contributed by atoms with Crippen LogP contribution in [-0.2, 0) is 0 Å². The standard InChI is InChI=1S/C13H26N2/c1-3-11-4-6-12(7-5-11)14-13-8-9-15(2)10-13/h11-14H,3-10H2,1-2H3/t11?,12?,13-/m1/s1. The van der Waals surface area contributed by atoms with Gasteiger partial charge in [-0.1, -0.05) is 13.3 Å². The molecule has 0 spiro atoms. The molecule has 0 aromatic carbocycles. The van der Waals surface area contributed by atoms with Gasteiger partial charge in [0, 0.05) is 18.6 Å². The van der Waals surface area contributed by atoms with E-state index in [1.807, 2.05) is 0 Å². The topological polar surface area (TPSA) is 15.3 Å². The molecule has 2 rings (SSSR count). The first-order chi connectivity index (χ1) is 7.28. The summed E-state index contributed by atoms with van der Waals surface area (Å²) in [4.78, 5) is 2.44. The maximum atomic E-state index is 3.85. The van der Waals surface area contributed by atoms with Gasteiger partial charge in [-0.05, 0) is 51.6 Å². The molecule has 1 N–H and O–H groups in total. The van der Waals surface area contributed by atoms with Crippen LogP contribution in [0.4, 0.5) is 0 Å². The fourth-order valence-corrected chi connectivity index (χ4v) is 3.14. The van der Waals surface area contributed by atoms with E-state index in [9.17, 15) is 0 Å². The summed E-state index contributed by atoms with van der Waals surface area (Å²) < 4.78 is 0. The van der Waals surface area contributed by atoms with Gasteiger partial charge in [0.05, 0.1) is 0 Å². The fourth-order valence-electron chi connectivity index (χ4n) is 3.14. The average molecular weight is 210 g/mol. The zero-order chi connectivity index (χ0) is 10.7. The Morgan fingerprint density at radius 3 is 2.33 bits per heavy atom. The second-order valence-corrected chi connectivity index (χ2v) is 5.54. The molecule has 0 aromatic rings. The van der Waals surface area contributed by atoms with Gasteiger partial charge < -0.3 is 10.2 Å². The predicted molar refractivity (Wildman–Crippen MR) is 65.1 cm³/mol. The van der Waals surface area contributed by atoms with Crippen LogP contribution in [0.25, 0.3) is 0 Å². The highest BCUT2D eigenvalue weighted by atomic mass is 15.2. The quantitative estimate of drug-likeness (QED) is 0.768. The highest BCUT2D eigenvalue weighted by Crippen LogP contribution is 2.27. The van der Waals surface area contributed by atoms with E-state index in [2.05, 4.69) is 24.2 Å². The van der Waals surface area contributed by atoms with Gasteiger partial charge in [-0.3, -0.25) is 0 Å². The Morgan fingerprint density at radius 2 is 1.80 bits per heavy atom. The molecule has 15 heavy (non-hydrogen) atoms. The number of nitrogens with one attached hydrogen (secondary N) is 1. The van der Waals surface area contributed by atoms with Crippen LogP contribution in [0.5, 0.6) is 0 Å². The largest absolute Gasteiger partial charge is 0.310 e. The highest BCUT2D eigenvalue weighted by molar-refractivity contribution is 4.84. The molecule has 1 atom stereocenters. The summed E-state index contributed by atoms with van der Waals surface area (Å²) in [6.45, 7) is 4.88. The van der Waals surface area contributed by atoms with Crippen LogP contribution in [0, 0.1) is 5.92 Å². The van der Waals surface area contributed by atoms with Crippen molar-refractivity contribution in [2.75, 3.05) is 20.1 Å². The van der Waals surface area contributed by atoms with Crippen molar-refractivity contribution < 1.29 is 0 Å². The molecule has 2 aliphatic rings. The molecule has 1 heterocycles. The summed E-state index contributed by atoms with van der Waals surface area (Å²) in [5.74, 6) is 1.02. The van der Waals surface area contributed by atoms with Crippen LogP contribution in [0.1, 0.15) is 45.4 Å². The van der Waals surface area contributed by atoms with Crippen LogP contribution in [0.3, 0.4) is 0 Å². The van der Waals surface area contributed by atoms with Gasteiger partial charge in [0.1, 0.15) is 0 Å². The van der Waals surface area contributed by atoms with Crippen molar-refractivity contribution in [1.82, 2.24) is 10.2 Å². The number of hydrogen-bond acceptors (Lipinski definition) is 2. The fraction of sp³-hybridized carbons (Fsp3) is 1.00. The first-order valence-electron chi connectivity index (χ1n) is 6.72. The van der Waals surface area contributed by atoms with Crippen LogP contribution in [0.15, 0.2) is 0 Å². The minimum Gasteiger partial charge on any atom is -0.310 e. The molecule has 2 fully saturated rings. The highest BCUT2D eigenvalue weighted by Gasteiger charge is 2.25. The van der Waals surface area contributed by atoms with Crippen molar-refractivity contribution in [1.29, 1.82) is 0 Å². The molecule has 1 saturated heterocycles. The van der Waals surface area contributed by atoms with Gasteiger partial charge in [-0.25, -0.2) is 0 Å². The van der Waals surface area contributed by atoms with E-state index in [0.29, 0.717) is 0 Å². The van der Waals surface area contributed by atoms with E-state index in [4.69, 9.17) is 0 Å². The smallest absolute Gasteiger partial charge is 0.0209 e. The lowest BCUT2D eigenvalue weighted by molar-refractivity contribution is 0.267. The summed E-state index contributed by atoms with van der Waals surface area (Å²) in [5, 5.41) is 3.85. The summed E-state index contributed by atoms with van der Waals surface area (Å²) >= 11 is 0. The Morgan fingerprint density at radius 1 is 1.07 bits per heavy atom. The van der Waals surface area contributed by atoms with Gasteiger partial charge in [-0.15, -0.1) is 0 Å². The molecule has 2 nitrogen and oxygen atoms in total. The van der Waals surface area contributed by atoms with Crippen molar-refractivity contribution >= 4 is 0 Å². The lowest BCUT2D eigenvalue weighted by Crippen LogP contribution is -2.41. The summed E-state index contributed by atoms with van der Waals surface area (Å²) in [7, 11) is 2.23. The number of likely N-dealkylation sites (N-methyl/N-ethyl adjacent to an activating group) is 1. The van der Waals surface area contributed by atoms with E-state index in [0.717, 1.165) is 18.0 Å². The molecule has 0 amide bonds. The third-order valence-electron chi connectivity index (χ3n) is 4.29. The number of likely N-dealkylation sites (tertiary alicyclic amines) is 1. The maximum absolute atomic E-state index is 3.85. The number of nitrogens with zero attached hydrogens (tertiary/aromatic N) is 1. The van der Waals surface area contributed by atoms with Crippen molar-refractivity contribution in [3.05, 3.63) is 0 Å². The monoisotopic (exact) mass is 210 g/mol. The van der Waals surface area contributed by atoms with Crippen molar-refractivity contribution in [3.63, 3.8) is 0 Å². The van der Waals surface area contributed by atoms with Crippen molar-refractivity contribution in [2.45, 2.75) is 57.5 Å². The average Bonchev–Trinajstić information content (AvgIpc) is 2.65. The molecule has 1 aliphatic carbocycles. The van der Waals surface area contributed by atoms with E-state index in [1.165, 1.54) is 51.6 Å². The molecule has 0 aromatic heterocycles. The van der Waals surface area contributed by atoms with Crippen LogP contribution < -0.4 is 5.32 Å². The van der Waals surface area contributed by atoms with Gasteiger partial charge in [-0.2, -0.15) is 0 Å². The number of hydrogen-bond donors (Lipinski definition) is 1. The van der Waals surface area contributed by atoms with Gasteiger partial charge >= 0.3 is 0 Å². The number of rotatable bonds is 3. The zero-order valence-electron chi connectivity index (χ0n) is 10.3. The van der Waals surface area contributed by atoms with E-state index in [-0.39, 0.29) is 0 Å². The minimum absolute atomic E-state index is 0.776. The summed E-state index contributed by atoms with van der Waals surface area (Å²) in [5.41, 5.74) is 0. The van der Waals surface area contributed by atoms with Gasteiger partial charge in [0.15, 0.2) is 0 Å². The Balaban J connectivity index is 1.68. The van der Waals surface area contributed by atoms with Crippen LogP contribution >= 0.6 is 0 Å². The first-order valence-corrected chi connectivity index (χ1v) is 6.72. The maximum Gasteiger partial charge on any atom is 0.0209 e. The molecule has 2 heteroatoms. The molecule has 0 radical (unpaired) electrons. The van der Waals surface area contributed by atoms with Crippen LogP contribution in [-0.4, -0.2) is 37.1 Å². The normalized spacial score (nSPS) is 38.4. The van der Waals surface area contributed by atoms with Gasteiger partial charge in [0.2, 0.25) is 0 Å². The van der Waals surface area contributed by atoms with Crippen molar-refractivity contribution in [3.8, 4) is 0 Å². The summed E-state index contributed by atoms with van der Waals surface area (Å²) in [6, 6.07) is 1.60. The Kier molecular flexibility index (Phi) is 4.04. The SMILES string of the molecule is CCC1CCC(N[C@@H]2CCN(C)C2)CC1. The molecule has 88 valence electrons. The zero-order valence-corrected chi connectivity index (χ0v) is 10.3. The Labute approximate surface area is 94.4 Å². The van der Waals surface area contributed by atoms with Gasteiger partial charge in [0.25, 0.3) is 0 Å². The predicted octanol–water partition coefficient (Wildman–Crippen LogP) is 2.25. The molecular formula is C13H26N2. The van der Waals surface area contributed by atoms with E-state index < -0.39 is 0 Å². The molecule has 0 bridgehead atoms. The molecular weight excluding hydrogens is 184 g/mol. The first kappa shape index (κ1) is 11.4. The molecule has 1 saturated carbocycles. The Bertz CT molecular complexity index is 185. The molecule has 1 aliphatic heterocycles. The lowest BCUT2D eigenvalue weighted by Gasteiger charge is -2.30. The third kappa shape index (κ3) is 3.18. The summed E-state index contributed by atoms with van der Waals surface area (Å²) in [6.07, 6.45) is 8.48. The minimum atomic E-state index is 0.776. The van der Waals surface area contributed by atoms with E-state index in [1.54, 1.807) is 0 Å². The van der Waals surface area contributed by atoms with Crippen LogP contribution in [0.2, 0.25) is 0 Å². The lowest BCUT2D eigenvalue weighted by atomic mass is 9.84. The molecule has 0 unspecified atom stereocenters.